The second-order valence-electron chi connectivity index (χ2n) is 6.50. The van der Waals surface area contributed by atoms with Crippen LogP contribution in [0.1, 0.15) is 96.8 Å². The minimum Gasteiger partial charge on any atom is -0.480 e. The smallest absolute Gasteiger partial charge is 0.322 e. The maximum atomic E-state index is 11.3. The number of carbonyl (C=O) groups excluding carboxylic acids is 1. The van der Waals surface area contributed by atoms with E-state index in [1.54, 1.807) is 0 Å². The molecule has 2 N–H and O–H groups in total. The first kappa shape index (κ1) is 22.7. The molecule has 0 radical (unpaired) electrons. The number of nitrogens with one attached hydrogen (secondary N) is 1. The number of allylic oxidation sites excluding steroid dienone is 2. The molecule has 0 aliphatic rings. The summed E-state index contributed by atoms with van der Waals surface area (Å²) < 4.78 is 0. The highest BCUT2D eigenvalue weighted by Crippen LogP contribution is 2.10. The third-order valence-electron chi connectivity index (χ3n) is 4.10. The van der Waals surface area contributed by atoms with Crippen molar-refractivity contribution in [3.8, 4) is 0 Å². The van der Waals surface area contributed by atoms with Crippen LogP contribution in [0.4, 0.5) is 0 Å². The maximum absolute atomic E-state index is 11.3. The number of hydrogen-bond acceptors (Lipinski definition) is 2. The first-order chi connectivity index (χ1) is 11.7. The van der Waals surface area contributed by atoms with Crippen LogP contribution in [0, 0.1) is 0 Å². The highest BCUT2D eigenvalue weighted by molar-refractivity contribution is 5.80. The molecule has 0 atom stereocenters. The molecule has 0 fully saturated rings. The van der Waals surface area contributed by atoms with Crippen molar-refractivity contribution in [2.45, 2.75) is 96.8 Å². The van der Waals surface area contributed by atoms with Crippen LogP contribution in [-0.4, -0.2) is 23.5 Å². The average molecular weight is 340 g/mol. The lowest BCUT2D eigenvalue weighted by atomic mass is 10.1. The molecule has 0 aliphatic carbocycles. The van der Waals surface area contributed by atoms with E-state index in [9.17, 15) is 9.59 Å². The van der Waals surface area contributed by atoms with Gasteiger partial charge in [0.1, 0.15) is 6.54 Å². The Balaban J connectivity index is 3.19. The van der Waals surface area contributed by atoms with Crippen molar-refractivity contribution in [3.05, 3.63) is 12.2 Å². The Kier molecular flexibility index (Phi) is 17.0. The quantitative estimate of drug-likeness (QED) is 0.282. The lowest BCUT2D eigenvalue weighted by molar-refractivity contribution is -0.137. The van der Waals surface area contributed by atoms with Gasteiger partial charge in [0.05, 0.1) is 0 Å². The van der Waals surface area contributed by atoms with Gasteiger partial charge in [-0.2, -0.15) is 0 Å². The summed E-state index contributed by atoms with van der Waals surface area (Å²) in [7, 11) is 0. The molecule has 140 valence electrons. The molecule has 0 spiro atoms. The molecule has 0 heterocycles. The van der Waals surface area contributed by atoms with Crippen molar-refractivity contribution >= 4 is 11.9 Å². The normalized spacial score (nSPS) is 11.0. The van der Waals surface area contributed by atoms with E-state index in [1.807, 2.05) is 0 Å². The molecule has 0 aromatic heterocycles. The fourth-order valence-electron chi connectivity index (χ4n) is 2.62. The SMILES string of the molecule is CCCCCCC/C=C\CCCCCCCCC(=O)NCC(=O)O. The number of aliphatic carboxylic acids is 1. The molecule has 4 nitrogen and oxygen atoms in total. The first-order valence-corrected chi connectivity index (χ1v) is 9.80. The molecule has 4 heteroatoms. The van der Waals surface area contributed by atoms with Gasteiger partial charge in [-0.3, -0.25) is 9.59 Å². The van der Waals surface area contributed by atoms with Crippen molar-refractivity contribution in [3.63, 3.8) is 0 Å². The van der Waals surface area contributed by atoms with Crippen LogP contribution in [0.3, 0.4) is 0 Å². The second kappa shape index (κ2) is 18.0. The summed E-state index contributed by atoms with van der Waals surface area (Å²) in [5.41, 5.74) is 0. The van der Waals surface area contributed by atoms with Crippen LogP contribution < -0.4 is 5.32 Å². The van der Waals surface area contributed by atoms with Gasteiger partial charge in [0.25, 0.3) is 0 Å². The summed E-state index contributed by atoms with van der Waals surface area (Å²) in [6.07, 6.45) is 21.1. The van der Waals surface area contributed by atoms with E-state index in [2.05, 4.69) is 24.4 Å². The summed E-state index contributed by atoms with van der Waals surface area (Å²) in [5, 5.41) is 10.8. The number of carboxylic acids is 1. The van der Waals surface area contributed by atoms with Gasteiger partial charge in [-0.05, 0) is 32.1 Å². The zero-order valence-electron chi connectivity index (χ0n) is 15.5. The molecule has 0 saturated heterocycles. The van der Waals surface area contributed by atoms with Gasteiger partial charge < -0.3 is 10.4 Å². The molecule has 0 aliphatic heterocycles. The van der Waals surface area contributed by atoms with E-state index in [-0.39, 0.29) is 12.5 Å². The summed E-state index contributed by atoms with van der Waals surface area (Å²) >= 11 is 0. The summed E-state index contributed by atoms with van der Waals surface area (Å²) in [4.78, 5) is 21.6. The topological polar surface area (TPSA) is 66.4 Å². The fraction of sp³-hybridized carbons (Fsp3) is 0.800. The van der Waals surface area contributed by atoms with Crippen LogP contribution in [-0.2, 0) is 9.59 Å². The number of rotatable bonds is 17. The van der Waals surface area contributed by atoms with E-state index in [1.165, 1.54) is 64.2 Å². The van der Waals surface area contributed by atoms with Gasteiger partial charge in [-0.1, -0.05) is 70.4 Å². The fourth-order valence-corrected chi connectivity index (χ4v) is 2.62. The largest absolute Gasteiger partial charge is 0.480 e. The van der Waals surface area contributed by atoms with Gasteiger partial charge in [0, 0.05) is 6.42 Å². The van der Waals surface area contributed by atoms with Gasteiger partial charge >= 0.3 is 5.97 Å². The summed E-state index contributed by atoms with van der Waals surface area (Å²) in [5.74, 6) is -1.15. The molecule has 24 heavy (non-hydrogen) atoms. The monoisotopic (exact) mass is 339 g/mol. The number of hydrogen-bond donors (Lipinski definition) is 2. The second-order valence-corrected chi connectivity index (χ2v) is 6.50. The molecular weight excluding hydrogens is 302 g/mol. The Morgan fingerprint density at radius 3 is 1.83 bits per heavy atom. The zero-order chi connectivity index (χ0) is 17.9. The van der Waals surface area contributed by atoms with Crippen molar-refractivity contribution in [2.75, 3.05) is 6.54 Å². The van der Waals surface area contributed by atoms with Crippen molar-refractivity contribution in [2.24, 2.45) is 0 Å². The Morgan fingerprint density at radius 1 is 0.792 bits per heavy atom. The highest BCUT2D eigenvalue weighted by atomic mass is 16.4. The Bertz CT molecular complexity index is 340. The molecule has 0 aromatic rings. The highest BCUT2D eigenvalue weighted by Gasteiger charge is 2.02. The Morgan fingerprint density at radius 2 is 1.29 bits per heavy atom. The minimum atomic E-state index is -0.992. The van der Waals surface area contributed by atoms with Crippen molar-refractivity contribution < 1.29 is 14.7 Å². The number of amides is 1. The predicted molar refractivity (Wildman–Crippen MR) is 100 cm³/mol. The van der Waals surface area contributed by atoms with Gasteiger partial charge in [0.2, 0.25) is 5.91 Å². The van der Waals surface area contributed by atoms with Crippen LogP contribution in [0.5, 0.6) is 0 Å². The van der Waals surface area contributed by atoms with Crippen LogP contribution in [0.25, 0.3) is 0 Å². The van der Waals surface area contributed by atoms with Crippen LogP contribution in [0.2, 0.25) is 0 Å². The van der Waals surface area contributed by atoms with Crippen molar-refractivity contribution in [1.29, 1.82) is 0 Å². The standard InChI is InChI=1S/C20H37NO3/c1-2-3-4-5-6-7-8-9-10-11-12-13-14-15-16-17-19(22)21-18-20(23)24/h8-9H,2-7,10-18H2,1H3,(H,21,22)(H,23,24)/b9-8-. The van der Waals surface area contributed by atoms with E-state index in [0.717, 1.165) is 19.3 Å². The van der Waals surface area contributed by atoms with E-state index in [4.69, 9.17) is 5.11 Å². The van der Waals surface area contributed by atoms with Crippen LogP contribution in [0.15, 0.2) is 12.2 Å². The first-order valence-electron chi connectivity index (χ1n) is 9.80. The lowest BCUT2D eigenvalue weighted by Crippen LogP contribution is -2.28. The molecule has 0 unspecified atom stereocenters. The van der Waals surface area contributed by atoms with Gasteiger partial charge in [0.15, 0.2) is 0 Å². The van der Waals surface area contributed by atoms with E-state index < -0.39 is 5.97 Å². The minimum absolute atomic E-state index is 0.155. The van der Waals surface area contributed by atoms with Crippen molar-refractivity contribution in [1.82, 2.24) is 5.32 Å². The molecule has 0 rings (SSSR count). The Hall–Kier alpha value is -1.32. The maximum Gasteiger partial charge on any atom is 0.322 e. The number of unbranched alkanes of at least 4 members (excludes halogenated alkanes) is 11. The third-order valence-corrected chi connectivity index (χ3v) is 4.10. The summed E-state index contributed by atoms with van der Waals surface area (Å²) in [6.45, 7) is 1.98. The zero-order valence-corrected chi connectivity index (χ0v) is 15.5. The van der Waals surface area contributed by atoms with E-state index >= 15 is 0 Å². The van der Waals surface area contributed by atoms with Crippen LogP contribution >= 0.6 is 0 Å². The average Bonchev–Trinajstić information content (AvgIpc) is 2.56. The van der Waals surface area contributed by atoms with Gasteiger partial charge in [-0.15, -0.1) is 0 Å². The molecule has 0 aromatic carbocycles. The Labute approximate surface area is 148 Å². The van der Waals surface area contributed by atoms with Gasteiger partial charge in [-0.25, -0.2) is 0 Å². The molecular formula is C20H37NO3. The lowest BCUT2D eigenvalue weighted by Gasteiger charge is -2.02. The van der Waals surface area contributed by atoms with E-state index in [0.29, 0.717) is 6.42 Å². The molecule has 0 bridgehead atoms. The third kappa shape index (κ3) is 18.7. The number of carbonyl (C=O) groups is 2. The molecule has 0 saturated carbocycles. The molecule has 1 amide bonds. The number of carboxylic acid groups (broad SMARTS) is 1. The predicted octanol–water partition coefficient (Wildman–Crippen LogP) is 5.22. The summed E-state index contributed by atoms with van der Waals surface area (Å²) in [6, 6.07) is 0.